The van der Waals surface area contributed by atoms with E-state index >= 15 is 0 Å². The van der Waals surface area contributed by atoms with Crippen LogP contribution >= 0.6 is 11.6 Å². The van der Waals surface area contributed by atoms with Crippen LogP contribution in [0.3, 0.4) is 0 Å². The smallest absolute Gasteiger partial charge is 0.207 e. The SMILES string of the molecule is CC1CC1(C)C1CCN(S(=O)(=O)c2ccccc2Cl)CC1. The molecule has 1 saturated heterocycles. The maximum Gasteiger partial charge on any atom is 0.244 e. The van der Waals surface area contributed by atoms with E-state index < -0.39 is 10.0 Å². The third kappa shape index (κ3) is 2.62. The van der Waals surface area contributed by atoms with E-state index in [9.17, 15) is 8.42 Å². The van der Waals surface area contributed by atoms with Gasteiger partial charge in [0.15, 0.2) is 0 Å². The van der Waals surface area contributed by atoms with Gasteiger partial charge in [0.1, 0.15) is 4.90 Å². The van der Waals surface area contributed by atoms with Gasteiger partial charge in [0, 0.05) is 13.1 Å². The van der Waals surface area contributed by atoms with Crippen molar-refractivity contribution in [1.29, 1.82) is 0 Å². The van der Waals surface area contributed by atoms with Gasteiger partial charge >= 0.3 is 0 Å². The number of sulfonamides is 1. The fourth-order valence-corrected chi connectivity index (χ4v) is 5.68. The topological polar surface area (TPSA) is 37.4 Å². The third-order valence-electron chi connectivity index (χ3n) is 5.55. The van der Waals surface area contributed by atoms with E-state index in [1.807, 2.05) is 0 Å². The van der Waals surface area contributed by atoms with Crippen molar-refractivity contribution in [2.24, 2.45) is 17.3 Å². The summed E-state index contributed by atoms with van der Waals surface area (Å²) < 4.78 is 27.0. The van der Waals surface area contributed by atoms with Gasteiger partial charge in [-0.3, -0.25) is 0 Å². The highest BCUT2D eigenvalue weighted by Crippen LogP contribution is 2.59. The normalized spacial score (nSPS) is 31.3. The van der Waals surface area contributed by atoms with E-state index in [-0.39, 0.29) is 4.90 Å². The van der Waals surface area contributed by atoms with Crippen molar-refractivity contribution in [2.75, 3.05) is 13.1 Å². The van der Waals surface area contributed by atoms with Gasteiger partial charge < -0.3 is 0 Å². The number of hydrogen-bond donors (Lipinski definition) is 0. The van der Waals surface area contributed by atoms with Gasteiger partial charge in [-0.15, -0.1) is 0 Å². The molecule has 0 spiro atoms. The lowest BCUT2D eigenvalue weighted by atomic mass is 9.82. The molecule has 0 amide bonds. The highest BCUT2D eigenvalue weighted by Gasteiger charge is 2.52. The summed E-state index contributed by atoms with van der Waals surface area (Å²) in [6, 6.07) is 6.70. The standard InChI is InChI=1S/C16H22ClNO2S/c1-12-11-16(12,2)13-7-9-18(10-8-13)21(19,20)15-6-4-3-5-14(15)17/h3-6,12-13H,7-11H2,1-2H3. The van der Waals surface area contributed by atoms with Crippen LogP contribution in [0, 0.1) is 17.3 Å². The molecule has 0 bridgehead atoms. The zero-order valence-corrected chi connectivity index (χ0v) is 14.1. The summed E-state index contributed by atoms with van der Waals surface area (Å²) in [5.41, 5.74) is 0.445. The van der Waals surface area contributed by atoms with E-state index in [1.54, 1.807) is 28.6 Å². The highest BCUT2D eigenvalue weighted by atomic mass is 35.5. The summed E-state index contributed by atoms with van der Waals surface area (Å²) >= 11 is 6.05. The van der Waals surface area contributed by atoms with Gasteiger partial charge in [-0.25, -0.2) is 8.42 Å². The van der Waals surface area contributed by atoms with Crippen molar-refractivity contribution in [3.63, 3.8) is 0 Å². The predicted octanol–water partition coefficient (Wildman–Crippen LogP) is 3.79. The van der Waals surface area contributed by atoms with Gasteiger partial charge in [0.2, 0.25) is 10.0 Å². The van der Waals surface area contributed by atoms with Crippen LogP contribution < -0.4 is 0 Å². The van der Waals surface area contributed by atoms with Gasteiger partial charge in [-0.1, -0.05) is 37.6 Å². The number of rotatable bonds is 3. The van der Waals surface area contributed by atoms with Crippen LogP contribution in [0.5, 0.6) is 0 Å². The largest absolute Gasteiger partial charge is 0.244 e. The molecule has 1 heterocycles. The zero-order chi connectivity index (χ0) is 15.3. The first-order chi connectivity index (χ1) is 9.85. The van der Waals surface area contributed by atoms with Gasteiger partial charge in [0.05, 0.1) is 5.02 Å². The molecule has 0 N–H and O–H groups in total. The molecule has 2 unspecified atom stereocenters. The molecule has 1 aliphatic heterocycles. The molecular weight excluding hydrogens is 306 g/mol. The van der Waals surface area contributed by atoms with E-state index in [0.717, 1.165) is 18.8 Å². The summed E-state index contributed by atoms with van der Waals surface area (Å²) in [6.07, 6.45) is 3.21. The number of piperidine rings is 1. The summed E-state index contributed by atoms with van der Waals surface area (Å²) in [4.78, 5) is 0.233. The minimum Gasteiger partial charge on any atom is -0.207 e. The first-order valence-electron chi connectivity index (χ1n) is 7.60. The average molecular weight is 328 g/mol. The molecule has 1 aromatic rings. The fraction of sp³-hybridized carbons (Fsp3) is 0.625. The molecule has 2 fully saturated rings. The Hall–Kier alpha value is -0.580. The minimum atomic E-state index is -3.45. The molecule has 0 radical (unpaired) electrons. The molecule has 116 valence electrons. The second-order valence-corrected chi connectivity index (χ2v) is 9.03. The van der Waals surface area contributed by atoms with Crippen molar-refractivity contribution in [1.82, 2.24) is 4.31 Å². The van der Waals surface area contributed by atoms with E-state index in [1.165, 1.54) is 6.42 Å². The van der Waals surface area contributed by atoms with Crippen LogP contribution in [0.15, 0.2) is 29.2 Å². The Morgan fingerprint density at radius 1 is 1.24 bits per heavy atom. The third-order valence-corrected chi connectivity index (χ3v) is 7.95. The lowest BCUT2D eigenvalue weighted by molar-refractivity contribution is 0.193. The average Bonchev–Trinajstić information content (AvgIpc) is 3.08. The molecule has 0 aromatic heterocycles. The van der Waals surface area contributed by atoms with E-state index in [4.69, 9.17) is 11.6 Å². The molecule has 3 rings (SSSR count). The van der Waals surface area contributed by atoms with Crippen LogP contribution in [0.25, 0.3) is 0 Å². The first kappa shape index (κ1) is 15.3. The molecule has 1 aliphatic carbocycles. The maximum atomic E-state index is 12.7. The Kier molecular flexibility index (Phi) is 3.83. The summed E-state index contributed by atoms with van der Waals surface area (Å²) in [6.45, 7) is 5.87. The number of halogens is 1. The lowest BCUT2D eigenvalue weighted by Gasteiger charge is -2.35. The van der Waals surface area contributed by atoms with Crippen molar-refractivity contribution in [2.45, 2.75) is 38.0 Å². The van der Waals surface area contributed by atoms with Gasteiger partial charge in [-0.05, 0) is 48.6 Å². The minimum absolute atomic E-state index is 0.233. The Labute approximate surface area is 132 Å². The summed E-state index contributed by atoms with van der Waals surface area (Å²) in [7, 11) is -3.45. The summed E-state index contributed by atoms with van der Waals surface area (Å²) in [5, 5.41) is 0.308. The second kappa shape index (κ2) is 5.25. The first-order valence-corrected chi connectivity index (χ1v) is 9.42. The molecule has 21 heavy (non-hydrogen) atoms. The monoisotopic (exact) mass is 327 g/mol. The number of hydrogen-bond acceptors (Lipinski definition) is 2. The van der Waals surface area contributed by atoms with Crippen LogP contribution in [-0.4, -0.2) is 25.8 Å². The van der Waals surface area contributed by atoms with Crippen LogP contribution in [0.4, 0.5) is 0 Å². The lowest BCUT2D eigenvalue weighted by Crippen LogP contribution is -2.40. The van der Waals surface area contributed by atoms with Crippen molar-refractivity contribution >= 4 is 21.6 Å². The molecular formula is C16H22ClNO2S. The predicted molar refractivity (Wildman–Crippen MR) is 84.8 cm³/mol. The molecule has 1 saturated carbocycles. The Bertz CT molecular complexity index is 637. The fourth-order valence-electron chi connectivity index (χ4n) is 3.72. The number of benzene rings is 1. The van der Waals surface area contributed by atoms with E-state index in [2.05, 4.69) is 13.8 Å². The Morgan fingerprint density at radius 2 is 1.81 bits per heavy atom. The van der Waals surface area contributed by atoms with Gasteiger partial charge in [0.25, 0.3) is 0 Å². The number of nitrogens with zero attached hydrogens (tertiary/aromatic N) is 1. The van der Waals surface area contributed by atoms with Crippen LogP contribution in [0.1, 0.15) is 33.1 Å². The van der Waals surface area contributed by atoms with E-state index in [0.29, 0.717) is 29.4 Å². The second-order valence-electron chi connectivity index (χ2n) is 6.72. The molecule has 3 nitrogen and oxygen atoms in total. The summed E-state index contributed by atoms with van der Waals surface area (Å²) in [5.74, 6) is 1.44. The molecule has 2 aliphatic rings. The van der Waals surface area contributed by atoms with Crippen molar-refractivity contribution in [3.05, 3.63) is 29.3 Å². The van der Waals surface area contributed by atoms with Crippen LogP contribution in [0.2, 0.25) is 5.02 Å². The quantitative estimate of drug-likeness (QED) is 0.847. The zero-order valence-electron chi connectivity index (χ0n) is 12.5. The maximum absolute atomic E-state index is 12.7. The molecule has 5 heteroatoms. The molecule has 2 atom stereocenters. The van der Waals surface area contributed by atoms with Crippen molar-refractivity contribution < 1.29 is 8.42 Å². The highest BCUT2D eigenvalue weighted by molar-refractivity contribution is 7.89. The van der Waals surface area contributed by atoms with Gasteiger partial charge in [-0.2, -0.15) is 4.31 Å². The van der Waals surface area contributed by atoms with Crippen LogP contribution in [-0.2, 0) is 10.0 Å². The Morgan fingerprint density at radius 3 is 2.33 bits per heavy atom. The van der Waals surface area contributed by atoms with Crippen molar-refractivity contribution in [3.8, 4) is 0 Å². The molecule has 1 aromatic carbocycles. The Balaban J connectivity index is 1.73.